The summed E-state index contributed by atoms with van der Waals surface area (Å²) in [4.78, 5) is 23.4. The van der Waals surface area contributed by atoms with Gasteiger partial charge < -0.3 is 9.32 Å². The predicted octanol–water partition coefficient (Wildman–Crippen LogP) is 6.45. The fourth-order valence-electron chi connectivity index (χ4n) is 4.98. The van der Waals surface area contributed by atoms with Crippen molar-refractivity contribution >= 4 is 40.5 Å². The number of nitrogens with zero attached hydrogens (tertiary/aromatic N) is 3. The lowest BCUT2D eigenvalue weighted by Gasteiger charge is -2.35. The van der Waals surface area contributed by atoms with E-state index in [0.29, 0.717) is 10.8 Å². The third-order valence-corrected chi connectivity index (χ3v) is 7.75. The molecule has 0 unspecified atom stereocenters. The second-order valence-electron chi connectivity index (χ2n) is 9.07. The molecule has 2 aromatic rings. The maximum absolute atomic E-state index is 13.6. The molecular weight excluding hydrogens is 418 g/mol. The second kappa shape index (κ2) is 9.57. The third-order valence-electron chi connectivity index (χ3n) is 6.77. The summed E-state index contributed by atoms with van der Waals surface area (Å²) in [6, 6.07) is 14.1. The molecule has 1 aromatic heterocycles. The van der Waals surface area contributed by atoms with Crippen molar-refractivity contribution in [3.63, 3.8) is 0 Å². The van der Waals surface area contributed by atoms with Gasteiger partial charge in [-0.25, -0.2) is 4.99 Å². The molecule has 0 bridgehead atoms. The van der Waals surface area contributed by atoms with Crippen molar-refractivity contribution in [1.82, 2.24) is 4.90 Å². The maximum atomic E-state index is 13.6. The van der Waals surface area contributed by atoms with Gasteiger partial charge in [0.05, 0.1) is 10.6 Å². The fourth-order valence-corrected chi connectivity index (χ4v) is 6.01. The molecule has 1 aromatic carbocycles. The molecule has 3 aliphatic rings. The van der Waals surface area contributed by atoms with Crippen molar-refractivity contribution in [2.75, 3.05) is 18.0 Å². The molecule has 0 radical (unpaired) electrons. The van der Waals surface area contributed by atoms with Gasteiger partial charge in [0.25, 0.3) is 5.91 Å². The van der Waals surface area contributed by atoms with Crippen molar-refractivity contribution in [2.45, 2.75) is 57.9 Å². The van der Waals surface area contributed by atoms with Crippen LogP contribution in [0, 0.1) is 5.92 Å². The number of carbonyl (C=O) groups excluding carboxylic acids is 1. The first-order valence-corrected chi connectivity index (χ1v) is 12.7. The minimum atomic E-state index is 0.0550. The molecule has 5 rings (SSSR count). The Balaban J connectivity index is 1.44. The monoisotopic (exact) mass is 449 g/mol. The minimum absolute atomic E-state index is 0.0550. The molecule has 1 aliphatic carbocycles. The zero-order chi connectivity index (χ0) is 21.9. The summed E-state index contributed by atoms with van der Waals surface area (Å²) in [6.45, 7) is 4.35. The maximum Gasteiger partial charge on any atom is 0.267 e. The average Bonchev–Trinajstić information content (AvgIpc) is 3.41. The number of rotatable bonds is 4. The van der Waals surface area contributed by atoms with Gasteiger partial charge >= 0.3 is 0 Å². The molecule has 2 atom stereocenters. The Bertz CT molecular complexity index is 1010. The van der Waals surface area contributed by atoms with Crippen LogP contribution >= 0.6 is 11.8 Å². The molecule has 2 saturated heterocycles. The largest absolute Gasteiger partial charge is 0.441 e. The molecule has 3 fully saturated rings. The van der Waals surface area contributed by atoms with Crippen LogP contribution in [0.1, 0.15) is 57.6 Å². The van der Waals surface area contributed by atoms with Gasteiger partial charge in [-0.15, -0.1) is 0 Å². The quantitative estimate of drug-likeness (QED) is 0.503. The summed E-state index contributed by atoms with van der Waals surface area (Å²) >= 11 is 1.47. The zero-order valence-corrected chi connectivity index (χ0v) is 19.5. The Hall–Kier alpha value is -2.47. The first-order valence-electron chi connectivity index (χ1n) is 11.9. The smallest absolute Gasteiger partial charge is 0.267 e. The van der Waals surface area contributed by atoms with Crippen LogP contribution in [-0.2, 0) is 4.79 Å². The number of aliphatic imine (C=N–C) groups is 1. The fraction of sp³-hybridized carbons (Fsp3) is 0.462. The number of hydrogen-bond acceptors (Lipinski definition) is 5. The lowest BCUT2D eigenvalue weighted by molar-refractivity contribution is -0.124. The number of piperidine rings is 1. The summed E-state index contributed by atoms with van der Waals surface area (Å²) in [5, 5.41) is 0.786. The Morgan fingerprint density at radius 1 is 1.00 bits per heavy atom. The van der Waals surface area contributed by atoms with Crippen LogP contribution in [0.25, 0.3) is 6.08 Å². The van der Waals surface area contributed by atoms with E-state index < -0.39 is 0 Å². The van der Waals surface area contributed by atoms with Gasteiger partial charge in [0.1, 0.15) is 5.76 Å². The molecule has 6 heteroatoms. The van der Waals surface area contributed by atoms with E-state index in [-0.39, 0.29) is 11.9 Å². The van der Waals surface area contributed by atoms with Crippen LogP contribution in [0.15, 0.2) is 56.8 Å². The number of para-hydroxylation sites is 1. The van der Waals surface area contributed by atoms with Crippen LogP contribution < -0.4 is 4.90 Å². The Labute approximate surface area is 194 Å². The molecule has 32 heavy (non-hydrogen) atoms. The summed E-state index contributed by atoms with van der Waals surface area (Å²) in [5.74, 6) is 2.17. The lowest BCUT2D eigenvalue weighted by atomic mass is 9.85. The van der Waals surface area contributed by atoms with Gasteiger partial charge in [-0.2, -0.15) is 0 Å². The molecule has 1 amide bonds. The average molecular weight is 450 g/mol. The number of anilines is 1. The standard InChI is InChI=1S/C26H31N3O2S/c1-19-10-6-7-13-22(19)29-25(30)23(32-26(29)27-20-11-4-2-5-12-20)18-21-14-15-24(31-21)28-16-8-3-9-17-28/h2,4-5,11-12,14-15,18-19,22H,3,6-10,13,16-17H2,1H3/b23-18-,27-26?/t19-,22+/m1/s1. The lowest BCUT2D eigenvalue weighted by Crippen LogP contribution is -2.44. The van der Waals surface area contributed by atoms with Gasteiger partial charge in [-0.3, -0.25) is 9.69 Å². The zero-order valence-electron chi connectivity index (χ0n) is 18.7. The van der Waals surface area contributed by atoms with Crippen molar-refractivity contribution < 1.29 is 9.21 Å². The highest BCUT2D eigenvalue weighted by molar-refractivity contribution is 8.18. The number of amidine groups is 1. The van der Waals surface area contributed by atoms with Crippen molar-refractivity contribution in [3.8, 4) is 0 Å². The Kier molecular flexibility index (Phi) is 6.39. The highest BCUT2D eigenvalue weighted by atomic mass is 32.2. The minimum Gasteiger partial charge on any atom is -0.441 e. The van der Waals surface area contributed by atoms with Crippen LogP contribution in [0.5, 0.6) is 0 Å². The van der Waals surface area contributed by atoms with E-state index >= 15 is 0 Å². The number of furan rings is 1. The van der Waals surface area contributed by atoms with Crippen molar-refractivity contribution in [3.05, 3.63) is 53.1 Å². The third kappa shape index (κ3) is 4.51. The summed E-state index contributed by atoms with van der Waals surface area (Å²) in [5.41, 5.74) is 0.878. The van der Waals surface area contributed by atoms with Gasteiger partial charge in [0, 0.05) is 31.3 Å². The van der Waals surface area contributed by atoms with E-state index in [2.05, 4.69) is 11.8 Å². The first kappa shape index (κ1) is 21.4. The summed E-state index contributed by atoms with van der Waals surface area (Å²) in [7, 11) is 0. The van der Waals surface area contributed by atoms with E-state index in [4.69, 9.17) is 9.41 Å². The van der Waals surface area contributed by atoms with Crippen LogP contribution in [0.3, 0.4) is 0 Å². The second-order valence-corrected chi connectivity index (χ2v) is 10.1. The normalized spacial score (nSPS) is 27.0. The molecule has 5 nitrogen and oxygen atoms in total. The first-order chi connectivity index (χ1) is 15.7. The Morgan fingerprint density at radius 3 is 2.56 bits per heavy atom. The van der Waals surface area contributed by atoms with E-state index in [1.807, 2.05) is 53.4 Å². The molecule has 1 saturated carbocycles. The highest BCUT2D eigenvalue weighted by Crippen LogP contribution is 2.40. The number of hydrogen-bond donors (Lipinski definition) is 0. The van der Waals surface area contributed by atoms with Crippen LogP contribution in [0.2, 0.25) is 0 Å². The van der Waals surface area contributed by atoms with Crippen molar-refractivity contribution in [2.24, 2.45) is 10.9 Å². The molecule has 0 spiro atoms. The molecule has 2 aliphatic heterocycles. The van der Waals surface area contributed by atoms with Crippen molar-refractivity contribution in [1.29, 1.82) is 0 Å². The molecule has 0 N–H and O–H groups in total. The molecular formula is C26H31N3O2S. The number of amides is 1. The number of thioether (sulfide) groups is 1. The topological polar surface area (TPSA) is 49.1 Å². The van der Waals surface area contributed by atoms with Gasteiger partial charge in [-0.05, 0) is 68.0 Å². The van der Waals surface area contributed by atoms with Crippen LogP contribution in [-0.4, -0.2) is 35.1 Å². The number of benzene rings is 1. The van der Waals surface area contributed by atoms with Gasteiger partial charge in [-0.1, -0.05) is 38.0 Å². The Morgan fingerprint density at radius 2 is 1.78 bits per heavy atom. The summed E-state index contributed by atoms with van der Waals surface area (Å²) < 4.78 is 6.11. The highest BCUT2D eigenvalue weighted by Gasteiger charge is 2.41. The van der Waals surface area contributed by atoms with E-state index in [0.717, 1.165) is 48.4 Å². The van der Waals surface area contributed by atoms with Gasteiger partial charge in [0.15, 0.2) is 11.1 Å². The van der Waals surface area contributed by atoms with E-state index in [9.17, 15) is 4.79 Å². The summed E-state index contributed by atoms with van der Waals surface area (Å²) in [6.07, 6.45) is 10.2. The SMILES string of the molecule is C[C@@H]1CCCC[C@@H]1N1C(=O)/C(=C/c2ccc(N3CCCCC3)o2)SC1=Nc1ccccc1. The molecule has 168 valence electrons. The predicted molar refractivity (Wildman–Crippen MR) is 132 cm³/mol. The van der Waals surface area contributed by atoms with Gasteiger partial charge in [0.2, 0.25) is 0 Å². The van der Waals surface area contributed by atoms with Crippen LogP contribution in [0.4, 0.5) is 11.6 Å². The van der Waals surface area contributed by atoms with E-state index in [1.54, 1.807) is 0 Å². The number of carbonyl (C=O) groups is 1. The molecule has 3 heterocycles. The van der Waals surface area contributed by atoms with E-state index in [1.165, 1.54) is 43.9 Å².